The van der Waals surface area contributed by atoms with Gasteiger partial charge in [-0.05, 0) is 44.2 Å². The van der Waals surface area contributed by atoms with Crippen molar-refractivity contribution in [3.63, 3.8) is 0 Å². The molecule has 0 saturated heterocycles. The van der Waals surface area contributed by atoms with Gasteiger partial charge in [-0.1, -0.05) is 6.42 Å². The highest BCUT2D eigenvalue weighted by molar-refractivity contribution is 7.98. The van der Waals surface area contributed by atoms with Crippen LogP contribution < -0.4 is 33.2 Å². The van der Waals surface area contributed by atoms with E-state index in [1.54, 1.807) is 6.26 Å². The van der Waals surface area contributed by atoms with Crippen LogP contribution in [0.4, 0.5) is 0 Å². The predicted molar refractivity (Wildman–Crippen MR) is 128 cm³/mol. The molecule has 0 heterocycles. The number of hydrogen-bond acceptors (Lipinski definition) is 9. The maximum absolute atomic E-state index is 12.8. The third-order valence-corrected chi connectivity index (χ3v) is 5.49. The maximum atomic E-state index is 12.8. The molecule has 4 unspecified atom stereocenters. The van der Waals surface area contributed by atoms with Crippen LogP contribution in [-0.2, 0) is 28.8 Å². The second kappa shape index (κ2) is 17.5. The predicted octanol–water partition coefficient (Wildman–Crippen LogP) is -2.52. The molecule has 4 amide bonds. The number of aliphatic carboxylic acids is 2. The molecule has 0 aromatic heterocycles. The van der Waals surface area contributed by atoms with Gasteiger partial charge in [-0.2, -0.15) is 11.8 Å². The first-order valence-electron chi connectivity index (χ1n) is 11.0. The van der Waals surface area contributed by atoms with Crippen molar-refractivity contribution in [2.45, 2.75) is 69.1 Å². The van der Waals surface area contributed by atoms with Gasteiger partial charge in [0.15, 0.2) is 0 Å². The number of primary amides is 1. The topological polar surface area (TPSA) is 257 Å². The molecule has 0 aliphatic rings. The van der Waals surface area contributed by atoms with Crippen LogP contribution in [0.15, 0.2) is 0 Å². The van der Waals surface area contributed by atoms with Crippen molar-refractivity contribution >= 4 is 47.3 Å². The Hall–Kier alpha value is -2.91. The van der Waals surface area contributed by atoms with Crippen LogP contribution in [0.2, 0.25) is 0 Å². The zero-order valence-electron chi connectivity index (χ0n) is 19.7. The fourth-order valence-electron chi connectivity index (χ4n) is 2.90. The Morgan fingerprint density at radius 1 is 0.829 bits per heavy atom. The molecule has 200 valence electrons. The van der Waals surface area contributed by atoms with Crippen molar-refractivity contribution in [2.75, 3.05) is 18.6 Å². The van der Waals surface area contributed by atoms with Crippen molar-refractivity contribution in [3.8, 4) is 0 Å². The van der Waals surface area contributed by atoms with Gasteiger partial charge in [0.2, 0.25) is 23.6 Å². The number of rotatable bonds is 19. The Labute approximate surface area is 207 Å². The summed E-state index contributed by atoms with van der Waals surface area (Å²) in [5.74, 6) is -5.67. The van der Waals surface area contributed by atoms with E-state index in [1.165, 1.54) is 11.8 Å². The smallest absolute Gasteiger partial charge is 0.326 e. The molecule has 0 saturated carbocycles. The summed E-state index contributed by atoms with van der Waals surface area (Å²) in [6, 6.07) is -5.16. The van der Waals surface area contributed by atoms with E-state index >= 15 is 0 Å². The highest BCUT2D eigenvalue weighted by Crippen LogP contribution is 2.06. The lowest BCUT2D eigenvalue weighted by atomic mass is 10.1. The molecule has 0 rings (SSSR count). The molecule has 0 fully saturated rings. The van der Waals surface area contributed by atoms with Crippen LogP contribution >= 0.6 is 11.8 Å². The molecule has 0 aromatic rings. The molecule has 0 aliphatic carbocycles. The van der Waals surface area contributed by atoms with E-state index in [0.29, 0.717) is 25.1 Å². The van der Waals surface area contributed by atoms with Crippen molar-refractivity contribution in [2.24, 2.45) is 17.2 Å². The van der Waals surface area contributed by atoms with E-state index < -0.39 is 72.6 Å². The van der Waals surface area contributed by atoms with Crippen molar-refractivity contribution in [1.82, 2.24) is 16.0 Å². The van der Waals surface area contributed by atoms with Gasteiger partial charge in [-0.3, -0.25) is 24.0 Å². The Kier molecular flexibility index (Phi) is 16.1. The lowest BCUT2D eigenvalue weighted by molar-refractivity contribution is -0.142. The first kappa shape index (κ1) is 32.1. The van der Waals surface area contributed by atoms with Crippen molar-refractivity contribution < 1.29 is 39.0 Å². The van der Waals surface area contributed by atoms with E-state index in [-0.39, 0.29) is 19.3 Å². The lowest BCUT2D eigenvalue weighted by Crippen LogP contribution is -2.57. The lowest BCUT2D eigenvalue weighted by Gasteiger charge is -2.24. The number of amides is 4. The van der Waals surface area contributed by atoms with Gasteiger partial charge in [-0.25, -0.2) is 4.79 Å². The number of carbonyl (C=O) groups excluding carboxylic acids is 4. The first-order chi connectivity index (χ1) is 16.4. The summed E-state index contributed by atoms with van der Waals surface area (Å²) in [7, 11) is 0. The summed E-state index contributed by atoms with van der Waals surface area (Å²) in [4.78, 5) is 71.8. The van der Waals surface area contributed by atoms with E-state index in [9.17, 15) is 33.9 Å². The zero-order chi connectivity index (χ0) is 27.0. The average Bonchev–Trinajstić information content (AvgIpc) is 2.77. The van der Waals surface area contributed by atoms with E-state index in [2.05, 4.69) is 16.0 Å². The van der Waals surface area contributed by atoms with Crippen LogP contribution in [0.1, 0.15) is 44.9 Å². The fraction of sp³-hybridized carbons (Fsp3) is 0.700. The molecule has 4 atom stereocenters. The van der Waals surface area contributed by atoms with Crippen molar-refractivity contribution in [1.29, 1.82) is 0 Å². The minimum atomic E-state index is -1.54. The van der Waals surface area contributed by atoms with E-state index in [1.807, 2.05) is 0 Å². The molecule has 0 radical (unpaired) electrons. The van der Waals surface area contributed by atoms with Gasteiger partial charge in [0.05, 0.1) is 12.5 Å². The zero-order valence-corrected chi connectivity index (χ0v) is 20.5. The van der Waals surface area contributed by atoms with Crippen LogP contribution in [0.3, 0.4) is 0 Å². The summed E-state index contributed by atoms with van der Waals surface area (Å²) in [5.41, 5.74) is 16.4. The van der Waals surface area contributed by atoms with Gasteiger partial charge in [0.1, 0.15) is 18.1 Å². The minimum absolute atomic E-state index is 0.0960. The van der Waals surface area contributed by atoms with Crippen LogP contribution in [0.25, 0.3) is 0 Å². The molecule has 35 heavy (non-hydrogen) atoms. The van der Waals surface area contributed by atoms with Gasteiger partial charge in [-0.15, -0.1) is 0 Å². The molecule has 0 aromatic carbocycles. The van der Waals surface area contributed by atoms with Gasteiger partial charge in [0, 0.05) is 6.42 Å². The number of nitrogens with one attached hydrogen (secondary N) is 3. The molecular weight excluding hydrogens is 484 g/mol. The average molecular weight is 521 g/mol. The molecule has 0 aliphatic heterocycles. The molecule has 0 bridgehead atoms. The number of nitrogens with two attached hydrogens (primary N) is 3. The molecule has 14 nitrogen and oxygen atoms in total. The van der Waals surface area contributed by atoms with Gasteiger partial charge >= 0.3 is 11.9 Å². The molecule has 0 spiro atoms. The third kappa shape index (κ3) is 14.2. The quantitative estimate of drug-likeness (QED) is 0.0824. The Bertz CT molecular complexity index is 753. The van der Waals surface area contributed by atoms with E-state index in [0.717, 1.165) is 0 Å². The number of carboxylic acids is 2. The minimum Gasteiger partial charge on any atom is -0.481 e. The van der Waals surface area contributed by atoms with Crippen molar-refractivity contribution in [3.05, 3.63) is 0 Å². The molecular formula is C20H36N6O8S. The second-order valence-electron chi connectivity index (χ2n) is 7.80. The normalized spacial score (nSPS) is 14.1. The Balaban J connectivity index is 5.48. The molecule has 11 N–H and O–H groups in total. The maximum Gasteiger partial charge on any atom is 0.326 e. The first-order valence-corrected chi connectivity index (χ1v) is 12.4. The fourth-order valence-corrected chi connectivity index (χ4v) is 3.37. The largest absolute Gasteiger partial charge is 0.481 e. The molecule has 15 heteroatoms. The summed E-state index contributed by atoms with van der Waals surface area (Å²) in [5, 5.41) is 25.2. The number of hydrogen-bond donors (Lipinski definition) is 8. The standard InChI is InChI=1S/C20H36N6O8S/c1-35-9-7-13(20(33)34)25-19(32)14(10-15(23)27)26-18(31)12(5-6-16(28)29)24-17(30)11(22)4-2-3-8-21/h11-14H,2-10,21-22H2,1H3,(H2,23,27)(H,24,30)(H,25,32)(H,26,31)(H,28,29)(H,33,34). The van der Waals surface area contributed by atoms with E-state index in [4.69, 9.17) is 22.3 Å². The Morgan fingerprint density at radius 3 is 1.91 bits per heavy atom. The number of carboxylic acid groups (broad SMARTS) is 2. The third-order valence-electron chi connectivity index (χ3n) is 4.85. The summed E-state index contributed by atoms with van der Waals surface area (Å²) in [6.07, 6.45) is 1.90. The van der Waals surface area contributed by atoms with Gasteiger partial charge < -0.3 is 43.4 Å². The summed E-state index contributed by atoms with van der Waals surface area (Å²) in [6.45, 7) is 0.418. The van der Waals surface area contributed by atoms with Gasteiger partial charge in [0.25, 0.3) is 0 Å². The number of carbonyl (C=O) groups is 6. The van der Waals surface area contributed by atoms with Crippen LogP contribution in [0.5, 0.6) is 0 Å². The summed E-state index contributed by atoms with van der Waals surface area (Å²) < 4.78 is 0. The van der Waals surface area contributed by atoms with Crippen LogP contribution in [-0.4, -0.2) is 88.5 Å². The highest BCUT2D eigenvalue weighted by Gasteiger charge is 2.31. The highest BCUT2D eigenvalue weighted by atomic mass is 32.2. The SMILES string of the molecule is CSCCC(NC(=O)C(CC(N)=O)NC(=O)C(CCC(=O)O)NC(=O)C(N)CCCCN)C(=O)O. The second-order valence-corrected chi connectivity index (χ2v) is 8.78. The number of thioether (sulfide) groups is 1. The monoisotopic (exact) mass is 520 g/mol. The number of unbranched alkanes of at least 4 members (excludes halogenated alkanes) is 1. The summed E-state index contributed by atoms with van der Waals surface area (Å²) >= 11 is 1.37. The Morgan fingerprint density at radius 2 is 1.40 bits per heavy atom. The van der Waals surface area contributed by atoms with Crippen LogP contribution in [0, 0.1) is 0 Å².